The molecule has 1 aliphatic carbocycles. The molecule has 1 fully saturated rings. The molecule has 1 aliphatic rings. The molecule has 0 radical (unpaired) electrons. The number of nitrogens with one attached hydrogen (secondary N) is 1. The summed E-state index contributed by atoms with van der Waals surface area (Å²) in [5.74, 6) is 0.144. The molecule has 1 heterocycles. The molecular formula is C19H20F3N3O4. The van der Waals surface area contributed by atoms with E-state index in [2.05, 4.69) is 15.0 Å². The number of amides is 2. The van der Waals surface area contributed by atoms with Crippen molar-refractivity contribution in [2.75, 3.05) is 19.0 Å². The second kappa shape index (κ2) is 8.46. The summed E-state index contributed by atoms with van der Waals surface area (Å²) < 4.78 is 46.2. The SMILES string of the molecule is COc1cc(CN(C(=O)Nc2ccc(OCC(F)(F)F)nc2)C2CC2)ccc1O. The summed E-state index contributed by atoms with van der Waals surface area (Å²) >= 11 is 0. The van der Waals surface area contributed by atoms with E-state index in [9.17, 15) is 23.1 Å². The minimum absolute atomic E-state index is 0.0116. The maximum absolute atomic E-state index is 12.7. The van der Waals surface area contributed by atoms with E-state index in [1.165, 1.54) is 31.5 Å². The number of rotatable bonds is 7. The molecule has 0 aliphatic heterocycles. The molecule has 1 aromatic heterocycles. The van der Waals surface area contributed by atoms with Gasteiger partial charge < -0.3 is 24.8 Å². The van der Waals surface area contributed by atoms with Crippen molar-refractivity contribution in [2.24, 2.45) is 0 Å². The van der Waals surface area contributed by atoms with Gasteiger partial charge in [-0.15, -0.1) is 0 Å². The summed E-state index contributed by atoms with van der Waals surface area (Å²) in [6.07, 6.45) is -1.45. The predicted octanol–water partition coefficient (Wildman–Crippen LogP) is 3.93. The molecule has 7 nitrogen and oxygen atoms in total. The first-order valence-electron chi connectivity index (χ1n) is 8.84. The average Bonchev–Trinajstić information content (AvgIpc) is 3.51. The Morgan fingerprint density at radius 3 is 2.66 bits per heavy atom. The standard InChI is InChI=1S/C19H20F3N3O4/c1-28-16-8-12(2-6-15(16)26)10-25(14-4-5-14)18(27)24-13-3-7-17(23-9-13)29-11-19(20,21)22/h2-3,6-9,14,26H,4-5,10-11H2,1H3,(H,24,27). The number of aromatic nitrogens is 1. The summed E-state index contributed by atoms with van der Waals surface area (Å²) in [6.45, 7) is -1.12. The molecule has 156 valence electrons. The van der Waals surface area contributed by atoms with Crippen molar-refractivity contribution in [1.29, 1.82) is 0 Å². The summed E-state index contributed by atoms with van der Waals surface area (Å²) in [4.78, 5) is 18.1. The Hall–Kier alpha value is -3.17. The Bertz CT molecular complexity index is 855. The van der Waals surface area contributed by atoms with E-state index < -0.39 is 12.8 Å². The molecule has 10 heteroatoms. The molecule has 2 aromatic rings. The number of hydrogen-bond acceptors (Lipinski definition) is 5. The topological polar surface area (TPSA) is 83.9 Å². The quantitative estimate of drug-likeness (QED) is 0.721. The van der Waals surface area contributed by atoms with Crippen LogP contribution in [0.5, 0.6) is 17.4 Å². The number of ether oxygens (including phenoxy) is 2. The van der Waals surface area contributed by atoms with E-state index in [0.29, 0.717) is 18.0 Å². The predicted molar refractivity (Wildman–Crippen MR) is 98.0 cm³/mol. The maximum atomic E-state index is 12.7. The smallest absolute Gasteiger partial charge is 0.422 e. The van der Waals surface area contributed by atoms with Crippen molar-refractivity contribution >= 4 is 11.7 Å². The van der Waals surface area contributed by atoms with Gasteiger partial charge in [-0.3, -0.25) is 0 Å². The van der Waals surface area contributed by atoms with Crippen LogP contribution in [0.25, 0.3) is 0 Å². The van der Waals surface area contributed by atoms with Gasteiger partial charge in [0, 0.05) is 18.7 Å². The highest BCUT2D eigenvalue weighted by Crippen LogP contribution is 2.31. The van der Waals surface area contributed by atoms with Gasteiger partial charge in [0.25, 0.3) is 0 Å². The largest absolute Gasteiger partial charge is 0.504 e. The lowest BCUT2D eigenvalue weighted by Crippen LogP contribution is -2.36. The fourth-order valence-corrected chi connectivity index (χ4v) is 2.66. The normalized spacial score (nSPS) is 13.7. The molecule has 0 atom stereocenters. The first-order chi connectivity index (χ1) is 13.7. The van der Waals surface area contributed by atoms with Crippen LogP contribution in [0.4, 0.5) is 23.7 Å². The zero-order valence-electron chi connectivity index (χ0n) is 15.6. The highest BCUT2D eigenvalue weighted by Gasteiger charge is 2.33. The van der Waals surface area contributed by atoms with Crippen molar-refractivity contribution in [3.8, 4) is 17.4 Å². The number of nitrogens with zero attached hydrogens (tertiary/aromatic N) is 2. The van der Waals surface area contributed by atoms with Crippen LogP contribution in [0.15, 0.2) is 36.5 Å². The highest BCUT2D eigenvalue weighted by atomic mass is 19.4. The number of methoxy groups -OCH3 is 1. The van der Waals surface area contributed by atoms with Gasteiger partial charge in [0.2, 0.25) is 5.88 Å². The van der Waals surface area contributed by atoms with Crippen LogP contribution in [-0.2, 0) is 6.54 Å². The molecule has 0 bridgehead atoms. The monoisotopic (exact) mass is 411 g/mol. The van der Waals surface area contributed by atoms with Crippen LogP contribution in [0, 0.1) is 0 Å². The van der Waals surface area contributed by atoms with Crippen molar-refractivity contribution < 1.29 is 32.5 Å². The zero-order valence-corrected chi connectivity index (χ0v) is 15.6. The lowest BCUT2D eigenvalue weighted by atomic mass is 10.2. The number of halogens is 3. The van der Waals surface area contributed by atoms with Gasteiger partial charge >= 0.3 is 12.2 Å². The highest BCUT2D eigenvalue weighted by molar-refractivity contribution is 5.89. The molecule has 2 amide bonds. The molecule has 1 saturated carbocycles. The molecule has 0 spiro atoms. The van der Waals surface area contributed by atoms with E-state index in [1.807, 2.05) is 0 Å². The number of phenolic OH excluding ortho intramolecular Hbond substituents is 1. The number of benzene rings is 1. The summed E-state index contributed by atoms with van der Waals surface area (Å²) in [5, 5.41) is 12.4. The Morgan fingerprint density at radius 1 is 1.31 bits per heavy atom. The van der Waals surface area contributed by atoms with Gasteiger partial charge in [-0.05, 0) is 36.6 Å². The summed E-state index contributed by atoms with van der Waals surface area (Å²) in [5.41, 5.74) is 1.12. The number of alkyl halides is 3. The van der Waals surface area contributed by atoms with E-state index in [0.717, 1.165) is 18.4 Å². The number of pyridine rings is 1. The second-order valence-corrected chi connectivity index (χ2v) is 6.58. The molecular weight excluding hydrogens is 391 g/mol. The van der Waals surface area contributed by atoms with Gasteiger partial charge in [-0.25, -0.2) is 9.78 Å². The molecule has 2 N–H and O–H groups in total. The lowest BCUT2D eigenvalue weighted by Gasteiger charge is -2.23. The summed E-state index contributed by atoms with van der Waals surface area (Å²) in [6, 6.07) is 7.28. The number of carbonyl (C=O) groups excluding carboxylic acids is 1. The van der Waals surface area contributed by atoms with Crippen LogP contribution >= 0.6 is 0 Å². The number of phenols is 1. The second-order valence-electron chi connectivity index (χ2n) is 6.58. The van der Waals surface area contributed by atoms with Gasteiger partial charge in [0.15, 0.2) is 18.1 Å². The van der Waals surface area contributed by atoms with Crippen LogP contribution in [0.1, 0.15) is 18.4 Å². The van der Waals surface area contributed by atoms with Crippen molar-refractivity contribution in [1.82, 2.24) is 9.88 Å². The van der Waals surface area contributed by atoms with E-state index in [4.69, 9.17) is 4.74 Å². The van der Waals surface area contributed by atoms with Crippen LogP contribution in [0.3, 0.4) is 0 Å². The van der Waals surface area contributed by atoms with Gasteiger partial charge in [0.1, 0.15) is 0 Å². The number of hydrogen-bond donors (Lipinski definition) is 2. The Kier molecular flexibility index (Phi) is 6.00. The molecule has 1 aromatic carbocycles. The molecule has 0 unspecified atom stereocenters. The van der Waals surface area contributed by atoms with E-state index in [-0.39, 0.29) is 23.7 Å². The zero-order chi connectivity index (χ0) is 21.0. The van der Waals surface area contributed by atoms with Gasteiger partial charge in [-0.2, -0.15) is 13.2 Å². The van der Waals surface area contributed by atoms with Crippen LogP contribution < -0.4 is 14.8 Å². The molecule has 0 saturated heterocycles. The lowest BCUT2D eigenvalue weighted by molar-refractivity contribution is -0.154. The number of urea groups is 1. The molecule has 29 heavy (non-hydrogen) atoms. The Labute approximate surface area is 165 Å². The third-order valence-corrected chi connectivity index (χ3v) is 4.22. The van der Waals surface area contributed by atoms with Crippen molar-refractivity contribution in [2.45, 2.75) is 31.6 Å². The fraction of sp³-hybridized carbons (Fsp3) is 0.368. The Morgan fingerprint density at radius 2 is 2.07 bits per heavy atom. The van der Waals surface area contributed by atoms with Crippen molar-refractivity contribution in [3.63, 3.8) is 0 Å². The maximum Gasteiger partial charge on any atom is 0.422 e. The minimum atomic E-state index is -4.45. The van der Waals surface area contributed by atoms with Gasteiger partial charge in [-0.1, -0.05) is 6.07 Å². The minimum Gasteiger partial charge on any atom is -0.504 e. The summed E-state index contributed by atoms with van der Waals surface area (Å²) in [7, 11) is 1.44. The number of aromatic hydroxyl groups is 1. The fourth-order valence-electron chi connectivity index (χ4n) is 2.66. The van der Waals surface area contributed by atoms with Gasteiger partial charge in [0.05, 0.1) is 19.0 Å². The van der Waals surface area contributed by atoms with E-state index >= 15 is 0 Å². The van der Waals surface area contributed by atoms with E-state index in [1.54, 1.807) is 17.0 Å². The van der Waals surface area contributed by atoms with Crippen LogP contribution in [0.2, 0.25) is 0 Å². The first kappa shape index (κ1) is 20.6. The third kappa shape index (κ3) is 5.90. The van der Waals surface area contributed by atoms with Crippen molar-refractivity contribution in [3.05, 3.63) is 42.1 Å². The third-order valence-electron chi connectivity index (χ3n) is 4.22. The number of carbonyl (C=O) groups is 1. The van der Waals surface area contributed by atoms with Crippen LogP contribution in [-0.4, -0.2) is 47.0 Å². The first-order valence-corrected chi connectivity index (χ1v) is 8.84. The molecule has 3 rings (SSSR count). The number of anilines is 1. The average molecular weight is 411 g/mol. The Balaban J connectivity index is 1.63.